The van der Waals surface area contributed by atoms with Crippen molar-refractivity contribution in [2.75, 3.05) is 0 Å². The van der Waals surface area contributed by atoms with Gasteiger partial charge in [-0.2, -0.15) is 11.8 Å². The first-order valence-corrected chi connectivity index (χ1v) is 14.3. The fraction of sp³-hybridized carbons (Fsp3) is 0.143. The molecule has 0 aromatic heterocycles. The monoisotopic (exact) mass is 532 g/mol. The molecule has 0 fully saturated rings. The van der Waals surface area contributed by atoms with Crippen LogP contribution in [0.4, 0.5) is 0 Å². The Labute approximate surface area is 235 Å². The minimum absolute atomic E-state index is 0.522. The average Bonchev–Trinajstić information content (AvgIpc) is 3.00. The summed E-state index contributed by atoms with van der Waals surface area (Å²) in [5, 5.41) is 0. The summed E-state index contributed by atoms with van der Waals surface area (Å²) in [6, 6.07) is 45.3. The zero-order valence-electron chi connectivity index (χ0n) is 21.9. The minimum atomic E-state index is 0.522. The first-order chi connectivity index (χ1) is 19.3. The molecule has 5 rings (SSSR count). The second-order valence-corrected chi connectivity index (χ2v) is 10.3. The van der Waals surface area contributed by atoms with E-state index >= 15 is 0 Å². The van der Waals surface area contributed by atoms with Gasteiger partial charge in [0.05, 0.1) is 0 Å². The number of hydrogen-bond donors (Lipinski definition) is 0. The van der Waals surface area contributed by atoms with Gasteiger partial charge in [-0.3, -0.25) is 0 Å². The van der Waals surface area contributed by atoms with Crippen LogP contribution in [0.25, 0.3) is 0 Å². The fourth-order valence-corrected chi connectivity index (χ4v) is 5.00. The molecule has 5 aromatic rings. The second-order valence-electron chi connectivity index (χ2n) is 9.27. The van der Waals surface area contributed by atoms with E-state index in [0.29, 0.717) is 19.8 Å². The maximum Gasteiger partial charge on any atom is 0.123 e. The van der Waals surface area contributed by atoms with E-state index in [1.54, 1.807) is 0 Å². The highest BCUT2D eigenvalue weighted by Gasteiger charge is 2.06. The summed E-state index contributed by atoms with van der Waals surface area (Å²) in [4.78, 5) is 0. The average molecular weight is 533 g/mol. The number of rotatable bonds is 13. The Morgan fingerprint density at radius 2 is 0.769 bits per heavy atom. The molecule has 0 saturated carbocycles. The minimum Gasteiger partial charge on any atom is -0.489 e. The van der Waals surface area contributed by atoms with E-state index in [4.69, 9.17) is 14.2 Å². The number of ether oxygens (including phenoxy) is 3. The van der Waals surface area contributed by atoms with Gasteiger partial charge in [0.1, 0.15) is 37.1 Å². The highest BCUT2D eigenvalue weighted by atomic mass is 32.2. The second kappa shape index (κ2) is 14.1. The largest absolute Gasteiger partial charge is 0.489 e. The Morgan fingerprint density at radius 3 is 1.23 bits per heavy atom. The fourth-order valence-electron chi connectivity index (χ4n) is 4.07. The maximum absolute atomic E-state index is 6.15. The van der Waals surface area contributed by atoms with Gasteiger partial charge in [0.15, 0.2) is 0 Å². The van der Waals surface area contributed by atoms with Gasteiger partial charge in [-0.25, -0.2) is 0 Å². The molecule has 0 unspecified atom stereocenters. The van der Waals surface area contributed by atoms with E-state index in [1.807, 2.05) is 84.6 Å². The van der Waals surface area contributed by atoms with Gasteiger partial charge in [0.2, 0.25) is 0 Å². The molecule has 0 spiro atoms. The first kappa shape index (κ1) is 26.5. The Morgan fingerprint density at radius 1 is 0.359 bits per heavy atom. The molecule has 3 nitrogen and oxygen atoms in total. The van der Waals surface area contributed by atoms with Gasteiger partial charge in [-0.1, -0.05) is 103 Å². The molecule has 0 bridgehead atoms. The Hall–Kier alpha value is -4.15. The van der Waals surface area contributed by atoms with Crippen LogP contribution >= 0.6 is 11.8 Å². The lowest BCUT2D eigenvalue weighted by atomic mass is 10.2. The third kappa shape index (κ3) is 8.69. The molecule has 0 amide bonds. The van der Waals surface area contributed by atoms with Gasteiger partial charge in [-0.15, -0.1) is 0 Å². The molecule has 196 valence electrons. The van der Waals surface area contributed by atoms with E-state index < -0.39 is 0 Å². The predicted octanol–water partition coefficient (Wildman–Crippen LogP) is 8.86. The van der Waals surface area contributed by atoms with Crippen molar-refractivity contribution >= 4 is 11.8 Å². The van der Waals surface area contributed by atoms with Crippen molar-refractivity contribution in [3.05, 3.63) is 161 Å². The Balaban J connectivity index is 1.18. The predicted molar refractivity (Wildman–Crippen MR) is 160 cm³/mol. The van der Waals surface area contributed by atoms with Crippen LogP contribution in [0.1, 0.15) is 27.8 Å². The number of hydrogen-bond acceptors (Lipinski definition) is 4. The number of thioether (sulfide) groups is 1. The van der Waals surface area contributed by atoms with Crippen LogP contribution in [-0.2, 0) is 31.3 Å². The van der Waals surface area contributed by atoms with Gasteiger partial charge in [0, 0.05) is 17.6 Å². The third-order valence-corrected chi connectivity index (χ3v) is 7.22. The molecule has 0 aliphatic heterocycles. The van der Waals surface area contributed by atoms with Crippen LogP contribution in [0.5, 0.6) is 17.2 Å². The molecule has 39 heavy (non-hydrogen) atoms. The lowest BCUT2D eigenvalue weighted by Gasteiger charge is -2.13. The lowest BCUT2D eigenvalue weighted by Crippen LogP contribution is -1.99. The van der Waals surface area contributed by atoms with Crippen LogP contribution in [-0.4, -0.2) is 0 Å². The van der Waals surface area contributed by atoms with E-state index in [9.17, 15) is 0 Å². The molecule has 0 N–H and O–H groups in total. The zero-order valence-corrected chi connectivity index (χ0v) is 22.7. The molecule has 0 aliphatic carbocycles. The maximum atomic E-state index is 6.15. The molecule has 0 saturated heterocycles. The highest BCUT2D eigenvalue weighted by Crippen LogP contribution is 2.28. The quantitative estimate of drug-likeness (QED) is 0.151. The van der Waals surface area contributed by atoms with Crippen molar-refractivity contribution < 1.29 is 14.2 Å². The SMILES string of the molecule is c1ccc(COc2ccc(CSCc3cc(OCc4ccccc4)cc(OCc4ccccc4)c3)cc2)cc1. The smallest absolute Gasteiger partial charge is 0.123 e. The third-order valence-electron chi connectivity index (χ3n) is 6.15. The van der Waals surface area contributed by atoms with Crippen molar-refractivity contribution in [2.24, 2.45) is 0 Å². The molecule has 0 heterocycles. The van der Waals surface area contributed by atoms with E-state index in [2.05, 4.69) is 60.7 Å². The van der Waals surface area contributed by atoms with E-state index in [-0.39, 0.29) is 0 Å². The summed E-state index contributed by atoms with van der Waals surface area (Å²) in [5.74, 6) is 4.29. The molecular formula is C35H32O3S. The van der Waals surface area contributed by atoms with Crippen molar-refractivity contribution in [1.29, 1.82) is 0 Å². The summed E-state index contributed by atoms with van der Waals surface area (Å²) in [6.45, 7) is 1.62. The van der Waals surface area contributed by atoms with E-state index in [0.717, 1.165) is 39.9 Å². The summed E-state index contributed by atoms with van der Waals surface area (Å²) in [6.07, 6.45) is 0. The molecule has 0 radical (unpaired) electrons. The molecule has 4 heteroatoms. The van der Waals surface area contributed by atoms with Crippen LogP contribution in [0.15, 0.2) is 133 Å². The van der Waals surface area contributed by atoms with Crippen molar-refractivity contribution in [3.63, 3.8) is 0 Å². The van der Waals surface area contributed by atoms with Crippen molar-refractivity contribution in [2.45, 2.75) is 31.3 Å². The van der Waals surface area contributed by atoms with Crippen LogP contribution in [0, 0.1) is 0 Å². The molecule has 5 aromatic carbocycles. The molecule has 0 atom stereocenters. The number of benzene rings is 5. The Kier molecular flexibility index (Phi) is 9.58. The molecule has 0 aliphatic rings. The zero-order chi connectivity index (χ0) is 26.5. The van der Waals surface area contributed by atoms with Gasteiger partial charge < -0.3 is 14.2 Å². The van der Waals surface area contributed by atoms with Gasteiger partial charge in [-0.05, 0) is 52.1 Å². The first-order valence-electron chi connectivity index (χ1n) is 13.1. The highest BCUT2D eigenvalue weighted by molar-refractivity contribution is 7.97. The van der Waals surface area contributed by atoms with Crippen LogP contribution in [0.2, 0.25) is 0 Å². The lowest BCUT2D eigenvalue weighted by molar-refractivity contribution is 0.289. The summed E-state index contributed by atoms with van der Waals surface area (Å²) in [7, 11) is 0. The normalized spacial score (nSPS) is 10.7. The summed E-state index contributed by atoms with van der Waals surface area (Å²) in [5.41, 5.74) is 5.89. The summed E-state index contributed by atoms with van der Waals surface area (Å²) >= 11 is 1.87. The van der Waals surface area contributed by atoms with Crippen LogP contribution < -0.4 is 14.2 Å². The van der Waals surface area contributed by atoms with Crippen molar-refractivity contribution in [1.82, 2.24) is 0 Å². The molecular weight excluding hydrogens is 500 g/mol. The topological polar surface area (TPSA) is 27.7 Å². The van der Waals surface area contributed by atoms with Crippen LogP contribution in [0.3, 0.4) is 0 Å². The van der Waals surface area contributed by atoms with Crippen molar-refractivity contribution in [3.8, 4) is 17.2 Å². The summed E-state index contributed by atoms with van der Waals surface area (Å²) < 4.78 is 18.2. The standard InChI is InChI=1S/C35H32O3S/c1-4-10-28(11-5-1)23-36-33-18-16-31(17-19-33)26-39-27-32-20-34(37-24-29-12-6-2-7-13-29)22-35(21-32)38-25-30-14-8-3-9-15-30/h1-22H,23-27H2. The van der Waals surface area contributed by atoms with E-state index in [1.165, 1.54) is 16.7 Å². The van der Waals surface area contributed by atoms with Gasteiger partial charge >= 0.3 is 0 Å². The Bertz CT molecular complexity index is 1340. The van der Waals surface area contributed by atoms with Gasteiger partial charge in [0.25, 0.3) is 0 Å².